The number of hydrogen-bond acceptors (Lipinski definition) is 4. The number of phenols is 1. The molecule has 1 heterocycles. The number of para-hydroxylation sites is 1. The average Bonchev–Trinajstić information content (AvgIpc) is 2.81. The topological polar surface area (TPSA) is 70.9 Å². The lowest BCUT2D eigenvalue weighted by atomic mass is 10.0. The summed E-state index contributed by atoms with van der Waals surface area (Å²) in [7, 11) is 1.48. The van der Waals surface area contributed by atoms with Gasteiger partial charge in [0, 0.05) is 18.0 Å². The minimum absolute atomic E-state index is 0.0171. The van der Waals surface area contributed by atoms with Gasteiger partial charge in [-0.3, -0.25) is 9.79 Å². The maximum Gasteiger partial charge on any atom is 0.237 e. The molecule has 0 bridgehead atoms. The first kappa shape index (κ1) is 13.2. The van der Waals surface area contributed by atoms with E-state index in [4.69, 9.17) is 4.74 Å². The normalized spacial score (nSPS) is 16.8. The van der Waals surface area contributed by atoms with E-state index in [1.54, 1.807) is 18.3 Å². The maximum absolute atomic E-state index is 11.9. The van der Waals surface area contributed by atoms with Crippen LogP contribution in [0.4, 0.5) is 11.4 Å². The predicted molar refractivity (Wildman–Crippen MR) is 80.6 cm³/mol. The molecule has 106 valence electrons. The van der Waals surface area contributed by atoms with Crippen LogP contribution in [0.2, 0.25) is 0 Å². The minimum atomic E-state index is -0.412. The molecular formula is C16H14N2O3. The van der Waals surface area contributed by atoms with Crippen molar-refractivity contribution in [1.29, 1.82) is 0 Å². The van der Waals surface area contributed by atoms with Gasteiger partial charge < -0.3 is 15.2 Å². The third-order valence-electron chi connectivity index (χ3n) is 3.37. The van der Waals surface area contributed by atoms with E-state index in [2.05, 4.69) is 10.3 Å². The summed E-state index contributed by atoms with van der Waals surface area (Å²) in [6.45, 7) is 0. The fourth-order valence-electron chi connectivity index (χ4n) is 2.30. The molecule has 21 heavy (non-hydrogen) atoms. The molecule has 0 fully saturated rings. The minimum Gasteiger partial charge on any atom is -0.504 e. The number of nitrogens with one attached hydrogen (secondary N) is 1. The molecule has 0 spiro atoms. The average molecular weight is 282 g/mol. The number of phenolic OH excluding ortho intramolecular Hbond substituents is 1. The molecule has 2 N–H and O–H groups in total. The smallest absolute Gasteiger partial charge is 0.237 e. The van der Waals surface area contributed by atoms with Crippen molar-refractivity contribution in [3.05, 3.63) is 48.0 Å². The van der Waals surface area contributed by atoms with Gasteiger partial charge in [-0.2, -0.15) is 0 Å². The van der Waals surface area contributed by atoms with Crippen molar-refractivity contribution in [2.24, 2.45) is 4.99 Å². The number of carbonyl (C=O) groups is 1. The number of nitrogens with zero attached hydrogens (tertiary/aromatic N) is 1. The van der Waals surface area contributed by atoms with Gasteiger partial charge in [0.2, 0.25) is 5.91 Å². The number of ether oxygens (including phenoxy) is 1. The molecule has 5 heteroatoms. The second-order valence-electron chi connectivity index (χ2n) is 4.69. The second kappa shape index (κ2) is 5.28. The Labute approximate surface area is 121 Å². The lowest BCUT2D eigenvalue weighted by molar-refractivity contribution is -0.115. The number of methoxy groups -OCH3 is 1. The molecule has 1 unspecified atom stereocenters. The first-order valence-corrected chi connectivity index (χ1v) is 6.50. The summed E-state index contributed by atoms with van der Waals surface area (Å²) in [4.78, 5) is 16.2. The summed E-state index contributed by atoms with van der Waals surface area (Å²) < 4.78 is 4.98. The first-order valence-electron chi connectivity index (χ1n) is 6.50. The maximum atomic E-state index is 11.9. The van der Waals surface area contributed by atoms with Gasteiger partial charge in [-0.25, -0.2) is 0 Å². The van der Waals surface area contributed by atoms with Crippen molar-refractivity contribution in [3.63, 3.8) is 0 Å². The highest BCUT2D eigenvalue weighted by Crippen LogP contribution is 2.33. The van der Waals surface area contributed by atoms with Crippen LogP contribution >= 0.6 is 0 Å². The summed E-state index contributed by atoms with van der Waals surface area (Å²) in [5.74, 6) is -0.107. The summed E-state index contributed by atoms with van der Waals surface area (Å²) in [6, 6.07) is 12.4. The van der Waals surface area contributed by atoms with Crippen LogP contribution in [0.5, 0.6) is 11.5 Å². The van der Waals surface area contributed by atoms with Crippen molar-refractivity contribution in [2.45, 2.75) is 5.92 Å². The summed E-state index contributed by atoms with van der Waals surface area (Å²) in [5, 5.41) is 12.5. The number of aromatic hydroxyl groups is 1. The number of carbonyl (C=O) groups excluding carboxylic acids is 1. The van der Waals surface area contributed by atoms with Crippen LogP contribution in [0.25, 0.3) is 0 Å². The van der Waals surface area contributed by atoms with Crippen LogP contribution in [0.1, 0.15) is 11.5 Å². The van der Waals surface area contributed by atoms with Crippen LogP contribution in [-0.4, -0.2) is 24.3 Å². The van der Waals surface area contributed by atoms with Crippen LogP contribution in [0.3, 0.4) is 0 Å². The standard InChI is InChI=1S/C16H14N2O3/c1-21-15-7-6-10(8-14(15)19)17-9-12-11-4-2-3-5-13(11)18-16(12)20/h2-9,12,19H,1H3,(H,18,20). The van der Waals surface area contributed by atoms with E-state index < -0.39 is 5.92 Å². The van der Waals surface area contributed by atoms with Crippen LogP contribution in [-0.2, 0) is 4.79 Å². The van der Waals surface area contributed by atoms with E-state index in [0.717, 1.165) is 11.3 Å². The van der Waals surface area contributed by atoms with Crippen molar-refractivity contribution in [1.82, 2.24) is 0 Å². The molecule has 0 aromatic heterocycles. The molecule has 3 rings (SSSR count). The van der Waals surface area contributed by atoms with E-state index in [0.29, 0.717) is 11.4 Å². The number of anilines is 1. The van der Waals surface area contributed by atoms with E-state index in [9.17, 15) is 9.90 Å². The largest absolute Gasteiger partial charge is 0.504 e. The van der Waals surface area contributed by atoms with Crippen molar-refractivity contribution in [2.75, 3.05) is 12.4 Å². The molecule has 1 aliphatic heterocycles. The lowest BCUT2D eigenvalue weighted by Crippen LogP contribution is -2.12. The Kier molecular flexibility index (Phi) is 3.31. The first-order chi connectivity index (χ1) is 10.2. The molecule has 2 aromatic rings. The third kappa shape index (κ3) is 2.45. The summed E-state index contributed by atoms with van der Waals surface area (Å²) >= 11 is 0. The second-order valence-corrected chi connectivity index (χ2v) is 4.69. The van der Waals surface area contributed by atoms with Crippen LogP contribution < -0.4 is 10.1 Å². The van der Waals surface area contributed by atoms with Gasteiger partial charge in [-0.15, -0.1) is 0 Å². The Morgan fingerprint density at radius 1 is 1.29 bits per heavy atom. The Morgan fingerprint density at radius 2 is 2.10 bits per heavy atom. The van der Waals surface area contributed by atoms with E-state index in [1.165, 1.54) is 13.2 Å². The van der Waals surface area contributed by atoms with Crippen molar-refractivity contribution in [3.8, 4) is 11.5 Å². The zero-order chi connectivity index (χ0) is 14.8. The zero-order valence-electron chi connectivity index (χ0n) is 11.4. The molecule has 0 saturated carbocycles. The molecule has 2 aromatic carbocycles. The van der Waals surface area contributed by atoms with Gasteiger partial charge >= 0.3 is 0 Å². The molecule has 0 aliphatic carbocycles. The van der Waals surface area contributed by atoms with Gasteiger partial charge in [-0.1, -0.05) is 18.2 Å². The predicted octanol–water partition coefficient (Wildman–Crippen LogP) is 2.84. The Morgan fingerprint density at radius 3 is 2.86 bits per heavy atom. The highest BCUT2D eigenvalue weighted by atomic mass is 16.5. The Balaban J connectivity index is 1.86. The third-order valence-corrected chi connectivity index (χ3v) is 3.37. The summed E-state index contributed by atoms with van der Waals surface area (Å²) in [6.07, 6.45) is 1.59. The molecule has 1 atom stereocenters. The summed E-state index contributed by atoms with van der Waals surface area (Å²) in [5.41, 5.74) is 2.28. The molecule has 0 radical (unpaired) electrons. The molecule has 1 amide bonds. The molecule has 0 saturated heterocycles. The van der Waals surface area contributed by atoms with Crippen molar-refractivity contribution < 1.29 is 14.6 Å². The number of rotatable bonds is 3. The van der Waals surface area contributed by atoms with Crippen LogP contribution in [0, 0.1) is 0 Å². The highest BCUT2D eigenvalue weighted by Gasteiger charge is 2.28. The molecular weight excluding hydrogens is 268 g/mol. The van der Waals surface area contributed by atoms with E-state index in [1.807, 2.05) is 24.3 Å². The number of benzene rings is 2. The van der Waals surface area contributed by atoms with Gasteiger partial charge in [-0.05, 0) is 23.8 Å². The van der Waals surface area contributed by atoms with Gasteiger partial charge in [0.25, 0.3) is 0 Å². The Hall–Kier alpha value is -2.82. The Bertz CT molecular complexity index is 725. The van der Waals surface area contributed by atoms with E-state index >= 15 is 0 Å². The number of fused-ring (bicyclic) bond motifs is 1. The van der Waals surface area contributed by atoms with Gasteiger partial charge in [0.1, 0.15) is 5.92 Å². The van der Waals surface area contributed by atoms with Crippen LogP contribution in [0.15, 0.2) is 47.5 Å². The number of aliphatic imine (C=N–C) groups is 1. The monoisotopic (exact) mass is 282 g/mol. The number of amides is 1. The van der Waals surface area contributed by atoms with Gasteiger partial charge in [0.05, 0.1) is 12.8 Å². The highest BCUT2D eigenvalue weighted by molar-refractivity contribution is 6.12. The number of hydrogen-bond donors (Lipinski definition) is 2. The SMILES string of the molecule is COc1ccc(N=CC2C(=O)Nc3ccccc32)cc1O. The van der Waals surface area contributed by atoms with Crippen molar-refractivity contribution >= 4 is 23.5 Å². The lowest BCUT2D eigenvalue weighted by Gasteiger charge is -2.04. The fourth-order valence-corrected chi connectivity index (χ4v) is 2.30. The van der Waals surface area contributed by atoms with E-state index in [-0.39, 0.29) is 11.7 Å². The quantitative estimate of drug-likeness (QED) is 0.850. The molecule has 5 nitrogen and oxygen atoms in total. The molecule has 1 aliphatic rings. The fraction of sp³-hybridized carbons (Fsp3) is 0.125. The zero-order valence-corrected chi connectivity index (χ0v) is 11.4. The van der Waals surface area contributed by atoms with Gasteiger partial charge in [0.15, 0.2) is 11.5 Å².